The third kappa shape index (κ3) is 5.16. The zero-order valence-electron chi connectivity index (χ0n) is 22.1. The number of anilines is 1. The third-order valence-corrected chi connectivity index (χ3v) is 9.49. The van der Waals surface area contributed by atoms with Gasteiger partial charge in [-0.15, -0.1) is 0 Å². The molecule has 2 N–H and O–H groups in total. The molecule has 5 atom stereocenters. The molecule has 4 fully saturated rings. The average Bonchev–Trinajstić information content (AvgIpc) is 3.58. The first-order chi connectivity index (χ1) is 19.0. The number of amides is 3. The van der Waals surface area contributed by atoms with E-state index in [2.05, 4.69) is 31.5 Å². The third-order valence-electron chi connectivity index (χ3n) is 8.97. The van der Waals surface area contributed by atoms with Gasteiger partial charge in [-0.05, 0) is 43.5 Å². The predicted molar refractivity (Wildman–Crippen MR) is 149 cm³/mol. The van der Waals surface area contributed by atoms with Crippen molar-refractivity contribution in [3.8, 4) is 0 Å². The van der Waals surface area contributed by atoms with Gasteiger partial charge in [-0.25, -0.2) is 0 Å². The molecular formula is C29H37BrN4O5. The molecule has 0 radical (unpaired) electrons. The van der Waals surface area contributed by atoms with Gasteiger partial charge in [-0.3, -0.25) is 19.3 Å². The Labute approximate surface area is 237 Å². The molecule has 1 aromatic carbocycles. The van der Waals surface area contributed by atoms with Gasteiger partial charge in [0.05, 0.1) is 31.2 Å². The Morgan fingerprint density at radius 2 is 1.77 bits per heavy atom. The maximum Gasteiger partial charge on any atom is 0.246 e. The van der Waals surface area contributed by atoms with Crippen LogP contribution < -0.4 is 10.6 Å². The van der Waals surface area contributed by atoms with Crippen LogP contribution in [-0.4, -0.2) is 90.7 Å². The van der Waals surface area contributed by atoms with Crippen LogP contribution in [-0.2, 0) is 23.9 Å². The van der Waals surface area contributed by atoms with Crippen molar-refractivity contribution < 1.29 is 23.9 Å². The van der Waals surface area contributed by atoms with Crippen molar-refractivity contribution in [1.82, 2.24) is 15.1 Å². The minimum atomic E-state index is -1.12. The van der Waals surface area contributed by atoms with Gasteiger partial charge < -0.3 is 25.0 Å². The zero-order valence-corrected chi connectivity index (χ0v) is 23.7. The number of hydrogen-bond acceptors (Lipinski definition) is 6. The number of nitrogens with one attached hydrogen (secondary N) is 2. The Morgan fingerprint density at radius 3 is 2.51 bits per heavy atom. The summed E-state index contributed by atoms with van der Waals surface area (Å²) in [4.78, 5) is 45.6. The highest BCUT2D eigenvalue weighted by atomic mass is 79.9. The zero-order chi connectivity index (χ0) is 27.0. The van der Waals surface area contributed by atoms with Gasteiger partial charge in [0.2, 0.25) is 17.7 Å². The van der Waals surface area contributed by atoms with E-state index >= 15 is 0 Å². The molecule has 2 bridgehead atoms. The second-order valence-corrected chi connectivity index (χ2v) is 12.3. The molecule has 3 amide bonds. The first-order valence-electron chi connectivity index (χ1n) is 14.3. The van der Waals surface area contributed by atoms with E-state index < -0.39 is 29.6 Å². The second-order valence-electron chi connectivity index (χ2n) is 11.4. The number of rotatable bonds is 8. The standard InChI is InChI=1S/C29H37BrN4O5/c30-19-7-9-21(10-8-19)31-26(35)23-22-11-12-29(39-22)24(23)28(37)34(14-4-13-33-15-17-38-18-16-33)25(29)27(36)32-20-5-2-1-3-6-20/h7-12,20,22-25H,1-6,13-18H2,(H,31,35)(H,32,36). The highest BCUT2D eigenvalue weighted by Crippen LogP contribution is 2.55. The van der Waals surface area contributed by atoms with Gasteiger partial charge in [0.1, 0.15) is 11.6 Å². The fourth-order valence-corrected chi connectivity index (χ4v) is 7.35. The van der Waals surface area contributed by atoms with Crippen molar-refractivity contribution in [3.05, 3.63) is 40.9 Å². The molecule has 9 nitrogen and oxygen atoms in total. The van der Waals surface area contributed by atoms with Crippen LogP contribution in [0.1, 0.15) is 38.5 Å². The molecule has 5 unspecified atom stereocenters. The van der Waals surface area contributed by atoms with Gasteiger partial charge in [0.25, 0.3) is 0 Å². The van der Waals surface area contributed by atoms with Crippen LogP contribution in [0, 0.1) is 11.8 Å². The van der Waals surface area contributed by atoms with E-state index in [0.29, 0.717) is 12.2 Å². The largest absolute Gasteiger partial charge is 0.379 e. The monoisotopic (exact) mass is 600 g/mol. The minimum Gasteiger partial charge on any atom is -0.379 e. The van der Waals surface area contributed by atoms with Crippen molar-refractivity contribution in [3.63, 3.8) is 0 Å². The summed E-state index contributed by atoms with van der Waals surface area (Å²) >= 11 is 3.42. The van der Waals surface area contributed by atoms with Crippen molar-refractivity contribution in [2.75, 3.05) is 44.7 Å². The molecule has 1 saturated carbocycles. The summed E-state index contributed by atoms with van der Waals surface area (Å²) in [5.41, 5.74) is -0.468. The van der Waals surface area contributed by atoms with E-state index in [1.54, 1.807) is 4.90 Å². The molecule has 10 heteroatoms. The molecule has 5 aliphatic rings. The number of benzene rings is 1. The smallest absolute Gasteiger partial charge is 0.246 e. The SMILES string of the molecule is O=C(Nc1ccc(Br)cc1)C1C2C=CC3(O2)C1C(=O)N(CCCN1CCOCC1)C3C(=O)NC1CCCCC1. The maximum atomic E-state index is 14.1. The molecule has 1 aromatic rings. The molecule has 1 aliphatic carbocycles. The second kappa shape index (κ2) is 11.3. The molecule has 0 aromatic heterocycles. The molecule has 3 saturated heterocycles. The number of carbonyl (C=O) groups excluding carboxylic acids is 3. The highest BCUT2D eigenvalue weighted by molar-refractivity contribution is 9.10. The minimum absolute atomic E-state index is 0.117. The number of carbonyl (C=O) groups is 3. The predicted octanol–water partition coefficient (Wildman–Crippen LogP) is 2.71. The van der Waals surface area contributed by atoms with Gasteiger partial charge in [0, 0.05) is 42.4 Å². The Balaban J connectivity index is 1.23. The number of halogens is 1. The van der Waals surface area contributed by atoms with E-state index in [0.717, 1.165) is 69.4 Å². The van der Waals surface area contributed by atoms with Gasteiger partial charge >= 0.3 is 0 Å². The lowest BCUT2D eigenvalue weighted by molar-refractivity contribution is -0.141. The van der Waals surface area contributed by atoms with Crippen molar-refractivity contribution in [2.45, 2.75) is 62.3 Å². The summed E-state index contributed by atoms with van der Waals surface area (Å²) in [7, 11) is 0. The molecule has 4 heterocycles. The van der Waals surface area contributed by atoms with Crippen LogP contribution >= 0.6 is 15.9 Å². The molecule has 6 rings (SSSR count). The molecule has 39 heavy (non-hydrogen) atoms. The highest BCUT2D eigenvalue weighted by Gasteiger charge is 2.72. The van der Waals surface area contributed by atoms with E-state index in [-0.39, 0.29) is 23.8 Å². The fraction of sp³-hybridized carbons (Fsp3) is 0.621. The van der Waals surface area contributed by atoms with Crippen LogP contribution in [0.25, 0.3) is 0 Å². The van der Waals surface area contributed by atoms with Crippen molar-refractivity contribution >= 4 is 39.3 Å². The summed E-state index contributed by atoms with van der Waals surface area (Å²) in [6.45, 7) is 4.45. The molecular weight excluding hydrogens is 564 g/mol. The van der Waals surface area contributed by atoms with Crippen LogP contribution in [0.2, 0.25) is 0 Å². The molecule has 1 spiro atoms. The van der Waals surface area contributed by atoms with Crippen LogP contribution in [0.15, 0.2) is 40.9 Å². The first kappa shape index (κ1) is 26.9. The lowest BCUT2D eigenvalue weighted by Crippen LogP contribution is -2.56. The molecule has 4 aliphatic heterocycles. The number of nitrogens with zero attached hydrogens (tertiary/aromatic N) is 2. The van der Waals surface area contributed by atoms with Gasteiger partial charge in [-0.1, -0.05) is 47.3 Å². The van der Waals surface area contributed by atoms with E-state index in [9.17, 15) is 14.4 Å². The van der Waals surface area contributed by atoms with Gasteiger partial charge in [-0.2, -0.15) is 0 Å². The van der Waals surface area contributed by atoms with E-state index in [4.69, 9.17) is 9.47 Å². The first-order valence-corrected chi connectivity index (χ1v) is 15.1. The number of fused-ring (bicyclic) bond motifs is 1. The Kier molecular flexibility index (Phi) is 7.81. The Morgan fingerprint density at radius 1 is 1.03 bits per heavy atom. The lowest BCUT2D eigenvalue weighted by atomic mass is 9.74. The fourth-order valence-electron chi connectivity index (χ4n) is 7.08. The number of ether oxygens (including phenoxy) is 2. The van der Waals surface area contributed by atoms with Crippen LogP contribution in [0.3, 0.4) is 0 Å². The lowest BCUT2D eigenvalue weighted by Gasteiger charge is -2.34. The summed E-state index contributed by atoms with van der Waals surface area (Å²) in [6, 6.07) is 6.68. The van der Waals surface area contributed by atoms with Crippen LogP contribution in [0.4, 0.5) is 5.69 Å². The maximum absolute atomic E-state index is 14.1. The quantitative estimate of drug-likeness (QED) is 0.445. The summed E-state index contributed by atoms with van der Waals surface area (Å²) < 4.78 is 12.8. The van der Waals surface area contributed by atoms with Gasteiger partial charge in [0.15, 0.2) is 0 Å². The number of likely N-dealkylation sites (tertiary alicyclic amines) is 1. The topological polar surface area (TPSA) is 100 Å². The van der Waals surface area contributed by atoms with Crippen LogP contribution in [0.5, 0.6) is 0 Å². The van der Waals surface area contributed by atoms with Crippen molar-refractivity contribution in [1.29, 1.82) is 0 Å². The summed E-state index contributed by atoms with van der Waals surface area (Å²) in [5.74, 6) is -2.01. The molecule has 210 valence electrons. The normalized spacial score (nSPS) is 32.4. The van der Waals surface area contributed by atoms with Crippen molar-refractivity contribution in [2.24, 2.45) is 11.8 Å². The van der Waals surface area contributed by atoms with E-state index in [1.807, 2.05) is 36.4 Å². The Hall–Kier alpha value is -2.27. The summed E-state index contributed by atoms with van der Waals surface area (Å²) in [5, 5.41) is 6.23. The average molecular weight is 602 g/mol. The Bertz CT molecular complexity index is 1120. The number of morpholine rings is 1. The summed E-state index contributed by atoms with van der Waals surface area (Å²) in [6.07, 6.45) is 9.26. The van der Waals surface area contributed by atoms with E-state index in [1.165, 1.54) is 6.42 Å². The number of hydrogen-bond donors (Lipinski definition) is 2.